The lowest BCUT2D eigenvalue weighted by Gasteiger charge is -1.77. The molecule has 0 nitrogen and oxygen atoms in total. The van der Waals surface area contributed by atoms with Crippen LogP contribution in [0.5, 0.6) is 0 Å². The predicted molar refractivity (Wildman–Crippen MR) is 37.3 cm³/mol. The highest BCUT2D eigenvalue weighted by molar-refractivity contribution is 5.08. The molecule has 0 N–H and O–H groups in total. The van der Waals surface area contributed by atoms with Gasteiger partial charge in [-0.15, -0.1) is 5.92 Å². The Hall–Kier alpha value is -0.440. The first-order chi connectivity index (χ1) is 3.91. The van der Waals surface area contributed by atoms with Gasteiger partial charge in [0.05, 0.1) is 0 Å². The minimum Gasteiger partial charge on any atom is -0.103 e. The molecule has 45 valence electrons. The van der Waals surface area contributed by atoms with Crippen molar-refractivity contribution in [1.29, 1.82) is 0 Å². The molecule has 0 aromatic rings. The van der Waals surface area contributed by atoms with Gasteiger partial charge in [-0.05, 0) is 12.8 Å². The van der Waals surface area contributed by atoms with Gasteiger partial charge in [-0.25, -0.2) is 0 Å². The minimum atomic E-state index is 1.04. The number of rotatable bonds is 2. The van der Waals surface area contributed by atoms with E-state index in [1.807, 2.05) is 6.42 Å². The molecule has 0 atom stereocenters. The van der Waals surface area contributed by atoms with Gasteiger partial charge in [0.15, 0.2) is 0 Å². The summed E-state index contributed by atoms with van der Waals surface area (Å²) in [6.45, 7) is 4.24. The van der Waals surface area contributed by atoms with Gasteiger partial charge in [-0.1, -0.05) is 19.8 Å². The Morgan fingerprint density at radius 2 is 2.12 bits per heavy atom. The van der Waals surface area contributed by atoms with Crippen molar-refractivity contribution >= 4 is 0 Å². The normalized spacial score (nSPS) is 7.75. The van der Waals surface area contributed by atoms with Gasteiger partial charge < -0.3 is 0 Å². The zero-order chi connectivity index (χ0) is 6.24. The molecule has 0 bridgehead atoms. The Labute approximate surface area is 52.3 Å². The second-order valence-corrected chi connectivity index (χ2v) is 1.68. The molecule has 0 saturated carbocycles. The maximum atomic E-state index is 3.03. The van der Waals surface area contributed by atoms with Crippen LogP contribution < -0.4 is 0 Å². The maximum absolute atomic E-state index is 3.03. The van der Waals surface area contributed by atoms with Crippen molar-refractivity contribution in [2.75, 3.05) is 0 Å². The van der Waals surface area contributed by atoms with Crippen LogP contribution >= 0.6 is 0 Å². The highest BCUT2D eigenvalue weighted by Crippen LogP contribution is 1.83. The van der Waals surface area contributed by atoms with E-state index in [1.54, 1.807) is 0 Å². The lowest BCUT2D eigenvalue weighted by atomic mass is 10.3. The van der Waals surface area contributed by atoms with Crippen molar-refractivity contribution in [1.82, 2.24) is 0 Å². The van der Waals surface area contributed by atoms with Crippen LogP contribution in [-0.4, -0.2) is 0 Å². The molecule has 0 aromatic carbocycles. The molecule has 0 heterocycles. The summed E-state index contributed by atoms with van der Waals surface area (Å²) in [4.78, 5) is 0. The summed E-state index contributed by atoms with van der Waals surface area (Å²) in [7, 11) is 0. The molecule has 1 radical (unpaired) electrons. The van der Waals surface area contributed by atoms with Gasteiger partial charge in [0, 0.05) is 12.8 Å². The Morgan fingerprint density at radius 3 is 2.62 bits per heavy atom. The molecule has 0 heteroatoms. The fraction of sp³-hybridized carbons (Fsp3) is 0.625. The Bertz CT molecular complexity index is 71.9. The van der Waals surface area contributed by atoms with Crippen molar-refractivity contribution in [3.63, 3.8) is 0 Å². The Morgan fingerprint density at radius 1 is 1.38 bits per heavy atom. The van der Waals surface area contributed by atoms with Crippen LogP contribution in [0.4, 0.5) is 0 Å². The van der Waals surface area contributed by atoms with Crippen molar-refractivity contribution in [2.24, 2.45) is 0 Å². The first-order valence-corrected chi connectivity index (χ1v) is 3.21. The summed E-state index contributed by atoms with van der Waals surface area (Å²) in [5.41, 5.74) is 0. The lowest BCUT2D eigenvalue weighted by Crippen LogP contribution is -1.64. The molecule has 0 rings (SSSR count). The van der Waals surface area contributed by atoms with Crippen LogP contribution in [0.1, 0.15) is 33.1 Å². The zero-order valence-electron chi connectivity index (χ0n) is 5.70. The first-order valence-electron chi connectivity index (χ1n) is 3.21. The summed E-state index contributed by atoms with van der Waals surface area (Å²) < 4.78 is 0. The molecule has 0 aliphatic carbocycles. The van der Waals surface area contributed by atoms with Crippen molar-refractivity contribution < 1.29 is 0 Å². The van der Waals surface area contributed by atoms with E-state index in [4.69, 9.17) is 0 Å². The molecule has 0 unspecified atom stereocenters. The molecule has 0 spiro atoms. The average molecular weight is 109 g/mol. The quantitative estimate of drug-likeness (QED) is 0.478. The fourth-order valence-corrected chi connectivity index (χ4v) is 0.371. The van der Waals surface area contributed by atoms with E-state index in [9.17, 15) is 0 Å². The third kappa shape index (κ3) is 5.56. The van der Waals surface area contributed by atoms with Crippen LogP contribution in [0.15, 0.2) is 0 Å². The van der Waals surface area contributed by atoms with E-state index >= 15 is 0 Å². The third-order valence-corrected chi connectivity index (χ3v) is 0.783. The minimum absolute atomic E-state index is 1.04. The summed E-state index contributed by atoms with van der Waals surface area (Å²) in [5.74, 6) is 5.99. The monoisotopic (exact) mass is 109 g/mol. The van der Waals surface area contributed by atoms with Gasteiger partial charge in [-0.2, -0.15) is 0 Å². The molecule has 0 saturated heterocycles. The van der Waals surface area contributed by atoms with E-state index in [0.717, 1.165) is 12.8 Å². The molecule has 0 amide bonds. The van der Waals surface area contributed by atoms with Gasteiger partial charge >= 0.3 is 0 Å². The van der Waals surface area contributed by atoms with Crippen LogP contribution in [0.3, 0.4) is 0 Å². The highest BCUT2D eigenvalue weighted by Gasteiger charge is 1.70. The smallest absolute Gasteiger partial charge is 0.0337 e. The second kappa shape index (κ2) is 6.56. The third-order valence-electron chi connectivity index (χ3n) is 0.783. The molecule has 0 fully saturated rings. The van der Waals surface area contributed by atoms with Crippen LogP contribution in [0.2, 0.25) is 0 Å². The van der Waals surface area contributed by atoms with Gasteiger partial charge in [0.2, 0.25) is 0 Å². The Balaban J connectivity index is 2.95. The van der Waals surface area contributed by atoms with Crippen LogP contribution in [0, 0.1) is 18.3 Å². The average Bonchev–Trinajstić information content (AvgIpc) is 1.81. The number of hydrogen-bond donors (Lipinski definition) is 0. The van der Waals surface area contributed by atoms with Crippen molar-refractivity contribution in [3.8, 4) is 11.8 Å². The van der Waals surface area contributed by atoms with Crippen LogP contribution in [0.25, 0.3) is 0 Å². The van der Waals surface area contributed by atoms with E-state index in [0.29, 0.717) is 0 Å². The molecular weight excluding hydrogens is 96.1 g/mol. The SMILES string of the molecule is CC[CH]C#CCCC. The summed E-state index contributed by atoms with van der Waals surface area (Å²) in [5, 5.41) is 0. The highest BCUT2D eigenvalue weighted by atomic mass is 13.7. The molecule has 0 aromatic heterocycles. The Kier molecular flexibility index (Phi) is 6.20. The fourth-order valence-electron chi connectivity index (χ4n) is 0.371. The van der Waals surface area contributed by atoms with Crippen LogP contribution in [-0.2, 0) is 0 Å². The molecule has 0 aliphatic rings. The van der Waals surface area contributed by atoms with E-state index in [1.165, 1.54) is 6.42 Å². The topological polar surface area (TPSA) is 0 Å². The van der Waals surface area contributed by atoms with Gasteiger partial charge in [0.25, 0.3) is 0 Å². The van der Waals surface area contributed by atoms with E-state index in [-0.39, 0.29) is 0 Å². The summed E-state index contributed by atoms with van der Waals surface area (Å²) in [6, 6.07) is 0. The first kappa shape index (κ1) is 7.56. The number of hydrogen-bond acceptors (Lipinski definition) is 0. The van der Waals surface area contributed by atoms with Gasteiger partial charge in [0.1, 0.15) is 0 Å². The lowest BCUT2D eigenvalue weighted by molar-refractivity contribution is 0.982. The zero-order valence-corrected chi connectivity index (χ0v) is 5.70. The number of unbranched alkanes of at least 4 members (excludes halogenated alkanes) is 2. The predicted octanol–water partition coefficient (Wildman–Crippen LogP) is 2.40. The summed E-state index contributed by atoms with van der Waals surface area (Å²) >= 11 is 0. The van der Waals surface area contributed by atoms with Gasteiger partial charge in [-0.3, -0.25) is 0 Å². The van der Waals surface area contributed by atoms with Crippen molar-refractivity contribution in [3.05, 3.63) is 6.42 Å². The largest absolute Gasteiger partial charge is 0.103 e. The molecule has 0 aliphatic heterocycles. The molecule has 8 heavy (non-hydrogen) atoms. The molecular formula is C8H13. The van der Waals surface area contributed by atoms with E-state index < -0.39 is 0 Å². The van der Waals surface area contributed by atoms with Crippen molar-refractivity contribution in [2.45, 2.75) is 33.1 Å². The maximum Gasteiger partial charge on any atom is 0.0337 e. The summed E-state index contributed by atoms with van der Waals surface area (Å²) in [6.07, 6.45) is 5.27. The standard InChI is InChI=1S/C8H13/c1-3-5-7-8-6-4-2/h5H,3-4,6H2,1-2H3. The van der Waals surface area contributed by atoms with E-state index in [2.05, 4.69) is 25.7 Å². The second-order valence-electron chi connectivity index (χ2n) is 1.68.